The lowest BCUT2D eigenvalue weighted by Crippen LogP contribution is -2.54. The first-order chi connectivity index (χ1) is 18.6. The third-order valence-electron chi connectivity index (χ3n) is 7.57. The number of amides is 1. The Labute approximate surface area is 227 Å². The van der Waals surface area contributed by atoms with Crippen LogP contribution in [0.2, 0.25) is 0 Å². The fourth-order valence-electron chi connectivity index (χ4n) is 4.91. The van der Waals surface area contributed by atoms with E-state index in [0.717, 1.165) is 44.2 Å². The number of piperidine rings is 1. The van der Waals surface area contributed by atoms with Crippen LogP contribution in [0.3, 0.4) is 0 Å². The van der Waals surface area contributed by atoms with Gasteiger partial charge in [-0.15, -0.1) is 0 Å². The van der Waals surface area contributed by atoms with Gasteiger partial charge in [0.15, 0.2) is 0 Å². The van der Waals surface area contributed by atoms with Gasteiger partial charge in [-0.2, -0.15) is 13.2 Å². The predicted molar refractivity (Wildman–Crippen MR) is 144 cm³/mol. The van der Waals surface area contributed by atoms with Crippen molar-refractivity contribution in [1.29, 1.82) is 0 Å². The maximum absolute atomic E-state index is 13.7. The van der Waals surface area contributed by atoms with E-state index < -0.39 is 11.7 Å². The highest BCUT2D eigenvalue weighted by Crippen LogP contribution is 2.32. The summed E-state index contributed by atoms with van der Waals surface area (Å²) in [4.78, 5) is 20.0. The number of hydrogen-bond donors (Lipinski definition) is 3. The van der Waals surface area contributed by atoms with Gasteiger partial charge < -0.3 is 30.7 Å². The van der Waals surface area contributed by atoms with Crippen molar-refractivity contribution in [3.63, 3.8) is 0 Å². The molecule has 0 aromatic heterocycles. The van der Waals surface area contributed by atoms with Gasteiger partial charge in [0.1, 0.15) is 11.5 Å². The topological polar surface area (TPSA) is 101 Å². The molecule has 0 bridgehead atoms. The third kappa shape index (κ3) is 7.61. The summed E-state index contributed by atoms with van der Waals surface area (Å²) >= 11 is 0. The van der Waals surface area contributed by atoms with Crippen molar-refractivity contribution >= 4 is 17.4 Å². The molecular formula is C28H38F3N5O3. The Hall–Kier alpha value is -2.89. The number of methoxy groups -OCH3 is 1. The molecule has 4 N–H and O–H groups in total. The lowest BCUT2D eigenvalue weighted by Gasteiger charge is -2.38. The minimum absolute atomic E-state index is 0.00525. The Kier molecular flexibility index (Phi) is 9.35. The van der Waals surface area contributed by atoms with Crippen molar-refractivity contribution in [1.82, 2.24) is 10.2 Å². The van der Waals surface area contributed by atoms with Gasteiger partial charge in [-0.25, -0.2) is 4.99 Å². The summed E-state index contributed by atoms with van der Waals surface area (Å²) in [5.41, 5.74) is 6.52. The first-order valence-corrected chi connectivity index (χ1v) is 13.4. The monoisotopic (exact) mass is 549 g/mol. The number of hydrogen-bond acceptors (Lipinski definition) is 6. The second-order valence-electron chi connectivity index (χ2n) is 10.4. The molecule has 8 nitrogen and oxygen atoms in total. The number of amidine groups is 1. The summed E-state index contributed by atoms with van der Waals surface area (Å²) in [5.74, 6) is 0.280. The van der Waals surface area contributed by atoms with E-state index in [1.54, 1.807) is 18.9 Å². The molecule has 2 aliphatic heterocycles. The average molecular weight is 550 g/mol. The van der Waals surface area contributed by atoms with Crippen molar-refractivity contribution in [2.24, 2.45) is 16.6 Å². The van der Waals surface area contributed by atoms with Crippen LogP contribution >= 0.6 is 0 Å². The van der Waals surface area contributed by atoms with Crippen molar-refractivity contribution in [2.45, 2.75) is 63.4 Å². The number of halogens is 3. The number of aliphatic imine (C=N–C) groups is 1. The second-order valence-corrected chi connectivity index (χ2v) is 10.4. The SMILES string of the molecule is C=C(Nc1cccc(C(F)(F)F)c1)/C(C)=C(\N=C(/N)C1CC1)C(=O)N1CCC(N[C@@H]2CCOC[C@@H]2OC)CC1. The van der Waals surface area contributed by atoms with Gasteiger partial charge in [-0.3, -0.25) is 4.79 Å². The standard InChI is InChI=1S/C28H38F3N5O3/c1-17(18(2)33-22-6-4-5-20(15-22)28(29,30)31)25(35-26(32)19-7-8-19)27(37)36-12-9-21(10-13-36)34-23-11-14-39-16-24(23)38-3/h4-6,15,19,21,23-24,33-34H,2,7-14,16H2,1,3H3,(H2,32,35)/b25-17-/t23-,24+/m1/s1. The van der Waals surface area contributed by atoms with Crippen LogP contribution < -0.4 is 16.4 Å². The Bertz CT molecular complexity index is 1110. The van der Waals surface area contributed by atoms with Crippen molar-refractivity contribution in [3.8, 4) is 0 Å². The molecule has 39 heavy (non-hydrogen) atoms. The summed E-state index contributed by atoms with van der Waals surface area (Å²) < 4.78 is 50.6. The molecule has 0 radical (unpaired) electrons. The quantitative estimate of drug-likeness (QED) is 0.186. The zero-order valence-electron chi connectivity index (χ0n) is 22.5. The predicted octanol–water partition coefficient (Wildman–Crippen LogP) is 4.06. The van der Waals surface area contributed by atoms with E-state index in [9.17, 15) is 18.0 Å². The summed E-state index contributed by atoms with van der Waals surface area (Å²) in [7, 11) is 1.69. The van der Waals surface area contributed by atoms with Gasteiger partial charge in [0, 0.05) is 61.8 Å². The molecule has 1 saturated carbocycles. The number of carbonyl (C=O) groups excluding carboxylic acids is 1. The zero-order chi connectivity index (χ0) is 28.2. The Morgan fingerprint density at radius 1 is 1.21 bits per heavy atom. The Morgan fingerprint density at radius 2 is 1.92 bits per heavy atom. The van der Waals surface area contributed by atoms with E-state index in [4.69, 9.17) is 15.2 Å². The molecule has 3 aliphatic rings. The van der Waals surface area contributed by atoms with Gasteiger partial charge in [-0.05, 0) is 57.2 Å². The largest absolute Gasteiger partial charge is 0.416 e. The van der Waals surface area contributed by atoms with Gasteiger partial charge >= 0.3 is 6.18 Å². The molecule has 1 amide bonds. The number of anilines is 1. The number of nitrogens with one attached hydrogen (secondary N) is 2. The normalized spacial score (nSPS) is 23.8. The molecular weight excluding hydrogens is 511 g/mol. The van der Waals surface area contributed by atoms with E-state index in [-0.39, 0.29) is 47.1 Å². The maximum atomic E-state index is 13.7. The minimum Gasteiger partial charge on any atom is -0.387 e. The van der Waals surface area contributed by atoms with E-state index in [2.05, 4.69) is 22.2 Å². The van der Waals surface area contributed by atoms with Crippen LogP contribution in [0.5, 0.6) is 0 Å². The van der Waals surface area contributed by atoms with E-state index in [1.807, 2.05) is 0 Å². The number of carbonyl (C=O) groups is 1. The maximum Gasteiger partial charge on any atom is 0.416 e. The Morgan fingerprint density at radius 3 is 2.56 bits per heavy atom. The molecule has 2 heterocycles. The fraction of sp³-hybridized carbons (Fsp3) is 0.571. The van der Waals surface area contributed by atoms with Crippen molar-refractivity contribution in [2.75, 3.05) is 38.7 Å². The molecule has 0 unspecified atom stereocenters. The molecule has 3 fully saturated rings. The minimum atomic E-state index is -4.47. The smallest absolute Gasteiger partial charge is 0.387 e. The van der Waals surface area contributed by atoms with Crippen molar-refractivity contribution in [3.05, 3.63) is 53.4 Å². The number of nitrogens with zero attached hydrogens (tertiary/aromatic N) is 2. The van der Waals surface area contributed by atoms with Gasteiger partial charge in [0.25, 0.3) is 5.91 Å². The summed E-state index contributed by atoms with van der Waals surface area (Å²) in [6, 6.07) is 5.30. The fourth-order valence-corrected chi connectivity index (χ4v) is 4.91. The molecule has 2 saturated heterocycles. The zero-order valence-corrected chi connectivity index (χ0v) is 22.5. The van der Waals surface area contributed by atoms with Crippen LogP contribution in [0.1, 0.15) is 44.6 Å². The molecule has 0 spiro atoms. The summed E-state index contributed by atoms with van der Waals surface area (Å²) in [6.45, 7) is 8.02. The number of allylic oxidation sites excluding steroid dienone is 1. The number of rotatable bonds is 9. The van der Waals surface area contributed by atoms with Gasteiger partial charge in [-0.1, -0.05) is 12.6 Å². The number of nitrogens with two attached hydrogens (primary N) is 1. The molecule has 1 aromatic carbocycles. The molecule has 11 heteroatoms. The molecule has 4 rings (SSSR count). The third-order valence-corrected chi connectivity index (χ3v) is 7.57. The first-order valence-electron chi connectivity index (χ1n) is 13.4. The first kappa shape index (κ1) is 29.1. The molecule has 214 valence electrons. The molecule has 1 aliphatic carbocycles. The van der Waals surface area contributed by atoms with Crippen LogP contribution in [0.15, 0.2) is 52.8 Å². The van der Waals surface area contributed by atoms with Crippen LogP contribution in [-0.2, 0) is 20.4 Å². The van der Waals surface area contributed by atoms with Crippen LogP contribution in [-0.4, -0.2) is 68.2 Å². The van der Waals surface area contributed by atoms with Gasteiger partial charge in [0.2, 0.25) is 0 Å². The number of benzene rings is 1. The molecule has 1 aromatic rings. The second kappa shape index (κ2) is 12.5. The number of likely N-dealkylation sites (tertiary alicyclic amines) is 1. The highest BCUT2D eigenvalue weighted by molar-refractivity contribution is 5.99. The average Bonchev–Trinajstić information content (AvgIpc) is 3.77. The molecule has 2 atom stereocenters. The van der Waals surface area contributed by atoms with E-state index in [0.29, 0.717) is 37.7 Å². The highest BCUT2D eigenvalue weighted by atomic mass is 19.4. The van der Waals surface area contributed by atoms with Crippen LogP contribution in [0.25, 0.3) is 0 Å². The highest BCUT2D eigenvalue weighted by Gasteiger charge is 2.33. The summed E-state index contributed by atoms with van der Waals surface area (Å²) in [5, 5.41) is 6.59. The lowest BCUT2D eigenvalue weighted by atomic mass is 9.99. The van der Waals surface area contributed by atoms with Gasteiger partial charge in [0.05, 0.1) is 18.3 Å². The lowest BCUT2D eigenvalue weighted by molar-refractivity contribution is -0.137. The van der Waals surface area contributed by atoms with Crippen molar-refractivity contribution < 1.29 is 27.4 Å². The van der Waals surface area contributed by atoms with Crippen LogP contribution in [0.4, 0.5) is 18.9 Å². The number of alkyl halides is 3. The Balaban J connectivity index is 1.46. The van der Waals surface area contributed by atoms with E-state index >= 15 is 0 Å². The van der Waals surface area contributed by atoms with E-state index in [1.165, 1.54) is 12.1 Å². The van der Waals surface area contributed by atoms with Crippen LogP contribution in [0, 0.1) is 5.92 Å². The summed E-state index contributed by atoms with van der Waals surface area (Å²) in [6.07, 6.45) is -0.195. The number of ether oxygens (including phenoxy) is 2.